The second kappa shape index (κ2) is 8.55. The molecule has 0 radical (unpaired) electrons. The molecule has 1 aromatic carbocycles. The summed E-state index contributed by atoms with van der Waals surface area (Å²) in [6.07, 6.45) is -2.17. The average molecular weight is 417 g/mol. The number of hydrogen-bond acceptors (Lipinski definition) is 6. The summed E-state index contributed by atoms with van der Waals surface area (Å²) in [5.41, 5.74) is -1.29. The van der Waals surface area contributed by atoms with Crippen molar-refractivity contribution < 1.29 is 31.1 Å². The van der Waals surface area contributed by atoms with Gasteiger partial charge < -0.3 is 4.74 Å². The lowest BCUT2D eigenvalue weighted by Gasteiger charge is -2.23. The zero-order chi connectivity index (χ0) is 20.9. The standard InChI is InChI=1S/C17H18F3N3O4S/c1-3-23(15-14(16(24)27-4-2)21-8-9-22-15)28(25,26)11-12-6-5-7-13(10-12)17(18,19)20/h5-10H,3-4,11H2,1-2H3. The average Bonchev–Trinajstić information content (AvgIpc) is 2.62. The number of ether oxygens (including phenoxy) is 1. The van der Waals surface area contributed by atoms with Crippen LogP contribution in [0.5, 0.6) is 0 Å². The molecule has 11 heteroatoms. The van der Waals surface area contributed by atoms with Gasteiger partial charge in [0, 0.05) is 18.9 Å². The van der Waals surface area contributed by atoms with E-state index < -0.39 is 33.5 Å². The van der Waals surface area contributed by atoms with Gasteiger partial charge in [0.2, 0.25) is 10.0 Å². The molecule has 0 atom stereocenters. The Morgan fingerprint density at radius 1 is 1.18 bits per heavy atom. The molecule has 0 aliphatic carbocycles. The van der Waals surface area contributed by atoms with E-state index in [1.165, 1.54) is 25.4 Å². The number of carbonyl (C=O) groups is 1. The molecular weight excluding hydrogens is 399 g/mol. The van der Waals surface area contributed by atoms with Gasteiger partial charge in [-0.05, 0) is 25.5 Å². The summed E-state index contributed by atoms with van der Waals surface area (Å²) in [7, 11) is -4.16. The topological polar surface area (TPSA) is 89.5 Å². The van der Waals surface area contributed by atoms with Crippen LogP contribution < -0.4 is 4.31 Å². The molecule has 1 aromatic heterocycles. The van der Waals surface area contributed by atoms with E-state index in [9.17, 15) is 26.4 Å². The van der Waals surface area contributed by atoms with Gasteiger partial charge in [0.15, 0.2) is 11.5 Å². The van der Waals surface area contributed by atoms with Crippen LogP contribution in [0.1, 0.15) is 35.5 Å². The van der Waals surface area contributed by atoms with Crippen LogP contribution in [0.4, 0.5) is 19.0 Å². The Morgan fingerprint density at radius 2 is 1.86 bits per heavy atom. The lowest BCUT2D eigenvalue weighted by molar-refractivity contribution is -0.137. The molecular formula is C17H18F3N3O4S. The van der Waals surface area contributed by atoms with E-state index in [2.05, 4.69) is 9.97 Å². The molecule has 0 saturated carbocycles. The van der Waals surface area contributed by atoms with Crippen LogP contribution >= 0.6 is 0 Å². The molecule has 0 aliphatic rings. The van der Waals surface area contributed by atoms with Gasteiger partial charge in [-0.3, -0.25) is 4.31 Å². The maximum Gasteiger partial charge on any atom is 0.416 e. The molecule has 0 bridgehead atoms. The Kier molecular flexibility index (Phi) is 6.60. The van der Waals surface area contributed by atoms with Crippen molar-refractivity contribution in [3.63, 3.8) is 0 Å². The third-order valence-electron chi connectivity index (χ3n) is 3.61. The molecule has 0 saturated heterocycles. The molecule has 1 heterocycles. The van der Waals surface area contributed by atoms with Crippen LogP contribution in [0.3, 0.4) is 0 Å². The zero-order valence-electron chi connectivity index (χ0n) is 15.1. The monoisotopic (exact) mass is 417 g/mol. The Hall–Kier alpha value is -2.69. The molecule has 0 aliphatic heterocycles. The van der Waals surface area contributed by atoms with Gasteiger partial charge >= 0.3 is 12.1 Å². The maximum absolute atomic E-state index is 12.9. The van der Waals surface area contributed by atoms with Crippen molar-refractivity contribution in [3.05, 3.63) is 53.5 Å². The van der Waals surface area contributed by atoms with Gasteiger partial charge in [0.1, 0.15) is 0 Å². The lowest BCUT2D eigenvalue weighted by Crippen LogP contribution is -2.34. The van der Waals surface area contributed by atoms with E-state index >= 15 is 0 Å². The number of nitrogens with zero attached hydrogens (tertiary/aromatic N) is 3. The highest BCUT2D eigenvalue weighted by Gasteiger charge is 2.32. The summed E-state index contributed by atoms with van der Waals surface area (Å²) >= 11 is 0. The first-order chi connectivity index (χ1) is 13.1. The summed E-state index contributed by atoms with van der Waals surface area (Å²) in [5.74, 6) is -1.79. The molecule has 0 spiro atoms. The predicted octanol–water partition coefficient (Wildman–Crippen LogP) is 3.03. The third-order valence-corrected chi connectivity index (χ3v) is 5.41. The summed E-state index contributed by atoms with van der Waals surface area (Å²) in [6, 6.07) is 4.05. The first-order valence-electron chi connectivity index (χ1n) is 8.24. The minimum absolute atomic E-state index is 0.0464. The van der Waals surface area contributed by atoms with E-state index in [-0.39, 0.29) is 30.2 Å². The zero-order valence-corrected chi connectivity index (χ0v) is 15.9. The van der Waals surface area contributed by atoms with E-state index in [0.29, 0.717) is 0 Å². The van der Waals surface area contributed by atoms with E-state index in [1.54, 1.807) is 6.92 Å². The van der Waals surface area contributed by atoms with Crippen LogP contribution in [-0.4, -0.2) is 37.5 Å². The van der Waals surface area contributed by atoms with Gasteiger partial charge in [-0.2, -0.15) is 13.2 Å². The molecule has 0 fully saturated rings. The summed E-state index contributed by atoms with van der Waals surface area (Å²) in [5, 5.41) is 0. The lowest BCUT2D eigenvalue weighted by atomic mass is 10.1. The van der Waals surface area contributed by atoms with Gasteiger partial charge in [-0.25, -0.2) is 23.2 Å². The number of aromatic nitrogens is 2. The normalized spacial score (nSPS) is 11.9. The molecule has 0 N–H and O–H groups in total. The number of esters is 1. The summed E-state index contributed by atoms with van der Waals surface area (Å²) in [4.78, 5) is 19.8. The third kappa shape index (κ3) is 4.97. The van der Waals surface area contributed by atoms with Gasteiger partial charge in [0.05, 0.1) is 17.9 Å². The van der Waals surface area contributed by atoms with Crippen LogP contribution in [0.2, 0.25) is 0 Å². The molecule has 0 unspecified atom stereocenters. The number of benzene rings is 1. The Morgan fingerprint density at radius 3 is 2.46 bits per heavy atom. The Bertz CT molecular complexity index is 949. The highest BCUT2D eigenvalue weighted by atomic mass is 32.2. The van der Waals surface area contributed by atoms with Crippen LogP contribution in [0, 0.1) is 0 Å². The van der Waals surface area contributed by atoms with E-state index in [4.69, 9.17) is 4.74 Å². The highest BCUT2D eigenvalue weighted by molar-refractivity contribution is 7.92. The minimum atomic E-state index is -4.59. The van der Waals surface area contributed by atoms with Crippen molar-refractivity contribution >= 4 is 21.8 Å². The second-order valence-corrected chi connectivity index (χ2v) is 7.46. The van der Waals surface area contributed by atoms with Gasteiger partial charge in [-0.15, -0.1) is 0 Å². The smallest absolute Gasteiger partial charge is 0.416 e. The van der Waals surface area contributed by atoms with E-state index in [0.717, 1.165) is 22.5 Å². The predicted molar refractivity (Wildman–Crippen MR) is 95.1 cm³/mol. The second-order valence-electron chi connectivity index (χ2n) is 5.57. The first-order valence-corrected chi connectivity index (χ1v) is 9.85. The van der Waals surface area contributed by atoms with Gasteiger partial charge in [-0.1, -0.05) is 18.2 Å². The van der Waals surface area contributed by atoms with Crippen molar-refractivity contribution in [1.29, 1.82) is 0 Å². The summed E-state index contributed by atoms with van der Waals surface area (Å²) < 4.78 is 70.0. The van der Waals surface area contributed by atoms with Crippen molar-refractivity contribution in [2.45, 2.75) is 25.8 Å². The Labute approximate surface area is 160 Å². The largest absolute Gasteiger partial charge is 0.461 e. The van der Waals surface area contributed by atoms with Crippen molar-refractivity contribution in [3.8, 4) is 0 Å². The SMILES string of the molecule is CCOC(=O)c1nccnc1N(CC)S(=O)(=O)Cc1cccc(C(F)(F)F)c1. The molecule has 2 aromatic rings. The van der Waals surface area contributed by atoms with Crippen LogP contribution in [0.25, 0.3) is 0 Å². The van der Waals surface area contributed by atoms with Crippen molar-refractivity contribution in [2.75, 3.05) is 17.5 Å². The Balaban J connectivity index is 2.41. The molecule has 0 amide bonds. The number of hydrogen-bond donors (Lipinski definition) is 0. The molecule has 28 heavy (non-hydrogen) atoms. The van der Waals surface area contributed by atoms with Crippen molar-refractivity contribution in [1.82, 2.24) is 9.97 Å². The molecule has 2 rings (SSSR count). The minimum Gasteiger partial charge on any atom is -0.461 e. The fourth-order valence-corrected chi connectivity index (χ4v) is 4.01. The number of rotatable bonds is 7. The first kappa shape index (κ1) is 21.6. The summed E-state index contributed by atoms with van der Waals surface area (Å²) in [6.45, 7) is 3.04. The highest BCUT2D eigenvalue weighted by Crippen LogP contribution is 2.30. The fourth-order valence-electron chi connectivity index (χ4n) is 2.46. The number of sulfonamides is 1. The quantitative estimate of drug-likeness (QED) is 0.644. The van der Waals surface area contributed by atoms with Gasteiger partial charge in [0.25, 0.3) is 0 Å². The van der Waals surface area contributed by atoms with Crippen LogP contribution in [0.15, 0.2) is 36.7 Å². The number of carbonyl (C=O) groups excluding carboxylic acids is 1. The number of alkyl halides is 3. The van der Waals surface area contributed by atoms with Crippen molar-refractivity contribution in [2.24, 2.45) is 0 Å². The maximum atomic E-state index is 12.9. The fraction of sp³-hybridized carbons (Fsp3) is 0.353. The number of anilines is 1. The molecule has 7 nitrogen and oxygen atoms in total. The van der Waals surface area contributed by atoms with Crippen LogP contribution in [-0.2, 0) is 26.7 Å². The van der Waals surface area contributed by atoms with E-state index in [1.807, 2.05) is 0 Å². The number of halogens is 3. The molecule has 152 valence electrons.